The van der Waals surface area contributed by atoms with Gasteiger partial charge in [0.25, 0.3) is 0 Å². The van der Waals surface area contributed by atoms with Crippen molar-refractivity contribution in [2.75, 3.05) is 26.8 Å². The molecule has 1 rings (SSSR count). The number of aliphatic carboxylic acids is 1. The minimum atomic E-state index is -1.17. The van der Waals surface area contributed by atoms with Crippen molar-refractivity contribution in [1.29, 1.82) is 0 Å². The molecule has 0 aromatic carbocycles. The van der Waals surface area contributed by atoms with E-state index in [-0.39, 0.29) is 13.2 Å². The van der Waals surface area contributed by atoms with Gasteiger partial charge in [0.2, 0.25) is 5.91 Å². The van der Waals surface area contributed by atoms with Gasteiger partial charge in [-0.15, -0.1) is 0 Å². The number of carboxylic acids is 1. The Morgan fingerprint density at radius 2 is 2.16 bits per heavy atom. The van der Waals surface area contributed by atoms with Gasteiger partial charge in [-0.3, -0.25) is 4.79 Å². The van der Waals surface area contributed by atoms with Gasteiger partial charge in [-0.2, -0.15) is 0 Å². The van der Waals surface area contributed by atoms with Crippen LogP contribution in [-0.4, -0.2) is 60.8 Å². The maximum absolute atomic E-state index is 11.9. The van der Waals surface area contributed by atoms with Gasteiger partial charge < -0.3 is 25.8 Å². The van der Waals surface area contributed by atoms with Crippen LogP contribution in [0.25, 0.3) is 0 Å². The molecule has 0 aromatic heterocycles. The number of carboxylic acid groups (broad SMARTS) is 1. The summed E-state index contributed by atoms with van der Waals surface area (Å²) in [5, 5.41) is 11.2. The van der Waals surface area contributed by atoms with Crippen LogP contribution in [0.3, 0.4) is 0 Å². The van der Waals surface area contributed by atoms with Crippen molar-refractivity contribution in [2.24, 2.45) is 11.1 Å². The molecule has 8 heteroatoms. The number of carbonyl (C=O) groups is 3. The van der Waals surface area contributed by atoms with Gasteiger partial charge in [-0.05, 0) is 13.3 Å². The average molecular weight is 273 g/mol. The predicted octanol–water partition coefficient (Wildman–Crippen LogP) is -1.01. The van der Waals surface area contributed by atoms with E-state index in [1.807, 2.05) is 0 Å². The Hall–Kier alpha value is -1.83. The summed E-state index contributed by atoms with van der Waals surface area (Å²) in [7, 11) is 1.35. The number of urea groups is 1. The topological polar surface area (TPSA) is 122 Å². The zero-order chi connectivity index (χ0) is 14.6. The zero-order valence-electron chi connectivity index (χ0n) is 11.0. The van der Waals surface area contributed by atoms with Gasteiger partial charge in [0.1, 0.15) is 0 Å². The van der Waals surface area contributed by atoms with E-state index in [2.05, 4.69) is 5.32 Å². The summed E-state index contributed by atoms with van der Waals surface area (Å²) in [4.78, 5) is 35.4. The summed E-state index contributed by atoms with van der Waals surface area (Å²) in [6.45, 7) is 2.12. The molecule has 1 aliphatic rings. The molecule has 108 valence electrons. The van der Waals surface area contributed by atoms with Crippen molar-refractivity contribution < 1.29 is 24.2 Å². The maximum Gasteiger partial charge on any atom is 0.328 e. The van der Waals surface area contributed by atoms with Crippen LogP contribution in [-0.2, 0) is 14.3 Å². The number of nitrogens with two attached hydrogens (primary N) is 1. The number of hydrogen-bond acceptors (Lipinski definition) is 4. The molecule has 19 heavy (non-hydrogen) atoms. The molecule has 0 bridgehead atoms. The Bertz CT molecular complexity index is 387. The molecule has 1 fully saturated rings. The number of rotatable bonds is 5. The number of amides is 3. The molecule has 1 heterocycles. The summed E-state index contributed by atoms with van der Waals surface area (Å²) in [6, 6.07) is -1.65. The molecule has 2 atom stereocenters. The second-order valence-corrected chi connectivity index (χ2v) is 4.89. The highest BCUT2D eigenvalue weighted by Gasteiger charge is 2.41. The first-order valence-corrected chi connectivity index (χ1v) is 5.87. The molecule has 0 aromatic rings. The number of carbonyl (C=O) groups excluding carboxylic acids is 2. The molecule has 0 aliphatic carbocycles. The third-order valence-electron chi connectivity index (χ3n) is 3.28. The minimum Gasteiger partial charge on any atom is -0.480 e. The number of nitrogens with one attached hydrogen (secondary N) is 1. The maximum atomic E-state index is 11.9. The van der Waals surface area contributed by atoms with Gasteiger partial charge in [0.05, 0.1) is 12.0 Å². The second kappa shape index (κ2) is 5.87. The summed E-state index contributed by atoms with van der Waals surface area (Å²) >= 11 is 0. The minimum absolute atomic E-state index is 0.123. The first-order valence-electron chi connectivity index (χ1n) is 5.87. The number of primary amides is 1. The van der Waals surface area contributed by atoms with E-state index in [1.54, 1.807) is 6.92 Å². The smallest absolute Gasteiger partial charge is 0.328 e. The van der Waals surface area contributed by atoms with Gasteiger partial charge >= 0.3 is 12.0 Å². The van der Waals surface area contributed by atoms with Crippen LogP contribution in [0.15, 0.2) is 0 Å². The second-order valence-electron chi connectivity index (χ2n) is 4.89. The van der Waals surface area contributed by atoms with Crippen LogP contribution >= 0.6 is 0 Å². The summed E-state index contributed by atoms with van der Waals surface area (Å²) < 4.78 is 4.72. The van der Waals surface area contributed by atoms with E-state index >= 15 is 0 Å². The molecule has 0 radical (unpaired) electrons. The molecule has 8 nitrogen and oxygen atoms in total. The van der Waals surface area contributed by atoms with E-state index in [1.165, 1.54) is 12.0 Å². The highest BCUT2D eigenvalue weighted by Crippen LogP contribution is 2.29. The molecular weight excluding hydrogens is 254 g/mol. The lowest BCUT2D eigenvalue weighted by molar-refractivity contribution is -0.140. The molecule has 4 N–H and O–H groups in total. The first-order chi connectivity index (χ1) is 8.80. The third-order valence-corrected chi connectivity index (χ3v) is 3.28. The Labute approximate surface area is 110 Å². The van der Waals surface area contributed by atoms with E-state index in [0.717, 1.165) is 0 Å². The van der Waals surface area contributed by atoms with E-state index in [0.29, 0.717) is 13.0 Å². The van der Waals surface area contributed by atoms with Crippen molar-refractivity contribution in [2.45, 2.75) is 19.4 Å². The van der Waals surface area contributed by atoms with Crippen LogP contribution in [0.1, 0.15) is 13.3 Å². The predicted molar refractivity (Wildman–Crippen MR) is 65.3 cm³/mol. The Morgan fingerprint density at radius 3 is 2.58 bits per heavy atom. The summed E-state index contributed by atoms with van der Waals surface area (Å²) in [5.74, 6) is -1.64. The van der Waals surface area contributed by atoms with Crippen LogP contribution < -0.4 is 11.1 Å². The quantitative estimate of drug-likeness (QED) is 0.592. The van der Waals surface area contributed by atoms with Gasteiger partial charge in [-0.25, -0.2) is 9.59 Å². The molecule has 0 saturated carbocycles. The van der Waals surface area contributed by atoms with Gasteiger partial charge in [-0.1, -0.05) is 0 Å². The fourth-order valence-corrected chi connectivity index (χ4v) is 1.92. The zero-order valence-corrected chi connectivity index (χ0v) is 11.0. The third kappa shape index (κ3) is 3.57. The average Bonchev–Trinajstić information content (AvgIpc) is 2.72. The molecule has 0 spiro atoms. The SMILES string of the molecule is COCC(NC(=O)N1CCC(C)(C(N)=O)C1)C(=O)O. The lowest BCUT2D eigenvalue weighted by Gasteiger charge is -2.23. The van der Waals surface area contributed by atoms with Crippen molar-refractivity contribution in [3.05, 3.63) is 0 Å². The number of methoxy groups -OCH3 is 1. The largest absolute Gasteiger partial charge is 0.480 e. The number of nitrogens with zero attached hydrogens (tertiary/aromatic N) is 1. The lowest BCUT2D eigenvalue weighted by atomic mass is 9.89. The number of ether oxygens (including phenoxy) is 1. The number of hydrogen-bond donors (Lipinski definition) is 3. The van der Waals surface area contributed by atoms with E-state index in [4.69, 9.17) is 15.6 Å². The molecular formula is C11H19N3O5. The molecule has 3 amide bonds. The van der Waals surface area contributed by atoms with E-state index in [9.17, 15) is 14.4 Å². The van der Waals surface area contributed by atoms with Crippen molar-refractivity contribution in [1.82, 2.24) is 10.2 Å². The first kappa shape index (κ1) is 15.2. The van der Waals surface area contributed by atoms with Crippen LogP contribution in [0, 0.1) is 5.41 Å². The van der Waals surface area contributed by atoms with Crippen molar-refractivity contribution >= 4 is 17.9 Å². The lowest BCUT2D eigenvalue weighted by Crippen LogP contribution is -2.50. The van der Waals surface area contributed by atoms with Crippen molar-refractivity contribution in [3.8, 4) is 0 Å². The summed E-state index contributed by atoms with van der Waals surface area (Å²) in [6.07, 6.45) is 0.470. The van der Waals surface area contributed by atoms with Gasteiger partial charge in [0, 0.05) is 20.2 Å². The Balaban J connectivity index is 2.60. The van der Waals surface area contributed by atoms with Crippen LogP contribution in [0.4, 0.5) is 4.79 Å². The fraction of sp³-hybridized carbons (Fsp3) is 0.727. The molecule has 2 unspecified atom stereocenters. The van der Waals surface area contributed by atoms with E-state index < -0.39 is 29.4 Å². The normalized spacial score (nSPS) is 24.0. The monoisotopic (exact) mass is 273 g/mol. The van der Waals surface area contributed by atoms with Crippen LogP contribution in [0.5, 0.6) is 0 Å². The van der Waals surface area contributed by atoms with Crippen molar-refractivity contribution in [3.63, 3.8) is 0 Å². The van der Waals surface area contributed by atoms with Crippen LogP contribution in [0.2, 0.25) is 0 Å². The Kier molecular flexibility index (Phi) is 4.71. The molecule has 1 aliphatic heterocycles. The highest BCUT2D eigenvalue weighted by molar-refractivity contribution is 5.85. The van der Waals surface area contributed by atoms with Gasteiger partial charge in [0.15, 0.2) is 6.04 Å². The number of likely N-dealkylation sites (tertiary alicyclic amines) is 1. The highest BCUT2D eigenvalue weighted by atomic mass is 16.5. The Morgan fingerprint density at radius 1 is 1.53 bits per heavy atom. The standard InChI is InChI=1S/C11H19N3O5/c1-11(9(12)17)3-4-14(6-11)10(18)13-7(5-19-2)8(15)16/h7H,3-6H2,1-2H3,(H2,12,17)(H,13,18)(H,15,16). The fourth-order valence-electron chi connectivity index (χ4n) is 1.92. The molecule has 1 saturated heterocycles. The summed E-state index contributed by atoms with van der Waals surface area (Å²) in [5.41, 5.74) is 4.53.